The quantitative estimate of drug-likeness (QED) is 0.613. The second-order valence-electron chi connectivity index (χ2n) is 14.9. The van der Waals surface area contributed by atoms with Gasteiger partial charge in [0, 0.05) is 0 Å². The molecule has 0 aliphatic carbocycles. The Bertz CT molecular complexity index is 1300. The molecule has 12 aliphatic heterocycles. The van der Waals surface area contributed by atoms with Crippen LogP contribution in [0, 0.1) is 11.8 Å². The molecular formula is C22H28FeN2O2. The van der Waals surface area contributed by atoms with Gasteiger partial charge in [0.25, 0.3) is 0 Å². The summed E-state index contributed by atoms with van der Waals surface area (Å²) in [7, 11) is 0. The maximum absolute atomic E-state index is 6.59. The van der Waals surface area contributed by atoms with Gasteiger partial charge >= 0.3 is 150 Å². The fourth-order valence-corrected chi connectivity index (χ4v) is 94.7. The summed E-state index contributed by atoms with van der Waals surface area (Å²) in [5, 5.41) is 0. The van der Waals surface area contributed by atoms with Crippen molar-refractivity contribution in [2.45, 2.75) is 86.9 Å². The fourth-order valence-electron chi connectivity index (χ4n) is 19.6. The fraction of sp³-hybridized carbons (Fsp3) is 0.909. The molecule has 146 valence electrons. The van der Waals surface area contributed by atoms with Crippen LogP contribution in [-0.4, -0.2) is 37.1 Å². The van der Waals surface area contributed by atoms with E-state index in [-0.39, 0.29) is 0 Å². The molecule has 10 saturated heterocycles. The predicted molar refractivity (Wildman–Crippen MR) is 99.4 cm³/mol. The molecule has 4 nitrogen and oxygen atoms in total. The molecule has 12 heterocycles. The van der Waals surface area contributed by atoms with E-state index in [0.717, 1.165) is 22.8 Å². The van der Waals surface area contributed by atoms with Gasteiger partial charge in [-0.2, -0.15) is 0 Å². The maximum atomic E-state index is 6.59. The second-order valence-corrected chi connectivity index (χ2v) is 38.1. The van der Waals surface area contributed by atoms with Crippen molar-refractivity contribution in [1.29, 1.82) is 0 Å². The van der Waals surface area contributed by atoms with Crippen molar-refractivity contribution >= 4 is 11.8 Å². The van der Waals surface area contributed by atoms with Gasteiger partial charge < -0.3 is 0 Å². The first kappa shape index (κ1) is 12.2. The summed E-state index contributed by atoms with van der Waals surface area (Å²) in [6.45, 7) is 7.28. The van der Waals surface area contributed by atoms with Crippen LogP contribution in [0.2, 0.25) is 47.2 Å². The van der Waals surface area contributed by atoms with E-state index in [9.17, 15) is 0 Å². The molecule has 5 heteroatoms. The Kier molecular flexibility index (Phi) is 0.632. The van der Waals surface area contributed by atoms with Crippen LogP contribution in [0.15, 0.2) is 9.98 Å². The molecule has 27 heavy (non-hydrogen) atoms. The zero-order valence-corrected chi connectivity index (χ0v) is 17.5. The number of nitrogens with zero attached hydrogens (tertiary/aromatic N) is 2. The topological polar surface area (TPSA) is 43.2 Å². The van der Waals surface area contributed by atoms with Crippen LogP contribution in [0.25, 0.3) is 0 Å². The molecule has 12 rings (SSSR count). The molecule has 1 spiro atoms. The average Bonchev–Trinajstić information content (AvgIpc) is 3.50. The van der Waals surface area contributed by atoms with Gasteiger partial charge in [-0.25, -0.2) is 0 Å². The van der Waals surface area contributed by atoms with Gasteiger partial charge in [0.05, 0.1) is 0 Å². The number of aliphatic imine (C=N–C) groups is 2. The molecule has 10 fully saturated rings. The first-order chi connectivity index (χ1) is 12.8. The van der Waals surface area contributed by atoms with Gasteiger partial charge in [0.1, 0.15) is 0 Å². The van der Waals surface area contributed by atoms with Crippen molar-refractivity contribution in [3.05, 3.63) is 0 Å². The Hall–Kier alpha value is -0.541. The van der Waals surface area contributed by atoms with Gasteiger partial charge in [-0.05, 0) is 0 Å². The number of rotatable bonds is 4. The van der Waals surface area contributed by atoms with E-state index in [1.807, 2.05) is 0 Å². The standard InChI is InChI=1S/C17H23N2O2.C5H5.Fe/c1-10(2)14-8-20-16(18-14)12-6-5-7-13(12)17-19-15(9-21-17)11(3)4;1-2-4-5-3-1;/h5-7,10-11,14-15H,8-9H2,1-4H3;1-5H;/t14-,15-;;/m1../s1. The van der Waals surface area contributed by atoms with Crippen LogP contribution >= 0.6 is 0 Å². The molecule has 0 aromatic heterocycles. The van der Waals surface area contributed by atoms with Gasteiger partial charge in [0.15, 0.2) is 0 Å². The molecule has 0 radical (unpaired) electrons. The number of hydrogen-bond acceptors (Lipinski definition) is 4. The van der Waals surface area contributed by atoms with Crippen LogP contribution in [0.3, 0.4) is 0 Å². The average molecular weight is 408 g/mol. The van der Waals surface area contributed by atoms with E-state index in [4.69, 9.17) is 19.5 Å². The van der Waals surface area contributed by atoms with E-state index >= 15 is 0 Å². The van der Waals surface area contributed by atoms with Crippen LogP contribution < -0.4 is 0 Å². The molecule has 0 bridgehead atoms. The molecule has 0 amide bonds. The third-order valence-electron chi connectivity index (χ3n) is 18.4. The third-order valence-corrected chi connectivity index (χ3v) is 61.0. The van der Waals surface area contributed by atoms with Crippen molar-refractivity contribution < 1.29 is 16.0 Å². The third kappa shape index (κ3) is 0.200. The van der Waals surface area contributed by atoms with Crippen molar-refractivity contribution in [1.82, 2.24) is 0 Å². The van der Waals surface area contributed by atoms with Gasteiger partial charge in [-0.1, -0.05) is 0 Å². The summed E-state index contributed by atoms with van der Waals surface area (Å²) in [4.78, 5) is 20.2. The molecule has 0 N–H and O–H groups in total. The summed E-state index contributed by atoms with van der Waals surface area (Å²) < 4.78 is 14.1. The van der Waals surface area contributed by atoms with Gasteiger partial charge in [-0.15, -0.1) is 0 Å². The van der Waals surface area contributed by atoms with Crippen LogP contribution in [0.4, 0.5) is 0 Å². The normalized spacial score (nSPS) is 93.1. The summed E-state index contributed by atoms with van der Waals surface area (Å²) >= 11 is 0. The molecule has 6 atom stereocenters. The number of ether oxygens (including phenoxy) is 2. The van der Waals surface area contributed by atoms with Gasteiger partial charge in [-0.3, -0.25) is 0 Å². The van der Waals surface area contributed by atoms with Crippen molar-refractivity contribution in [2.75, 3.05) is 13.2 Å². The van der Waals surface area contributed by atoms with Crippen molar-refractivity contribution in [2.24, 2.45) is 21.8 Å². The SMILES string of the molecule is CC(C)[C@H]1COC([C]23[CH]4[CH]5[CH]6[C]2(C2=N[C@@H](C(C)C)CO2)[Fe]54632789[CH]3[CH]2[CH]7[CH]8[CH]39)=N1. The monoisotopic (exact) mass is 408 g/mol. The van der Waals surface area contributed by atoms with Crippen LogP contribution in [-0.2, 0) is 16.0 Å². The van der Waals surface area contributed by atoms with E-state index < -0.39 is 6.51 Å². The molecule has 12 aliphatic rings. The van der Waals surface area contributed by atoms with Crippen LogP contribution in [0.1, 0.15) is 27.7 Å². The zero-order valence-electron chi connectivity index (χ0n) is 16.4. The summed E-state index contributed by atoms with van der Waals surface area (Å²) in [6, 6.07) is 0.791. The molecule has 0 aromatic carbocycles. The first-order valence-corrected chi connectivity index (χ1v) is 17.6. The minimum absolute atomic E-state index is 0.396. The zero-order chi connectivity index (χ0) is 17.6. The summed E-state index contributed by atoms with van der Waals surface area (Å²) in [5.74, 6) is 3.78. The summed E-state index contributed by atoms with van der Waals surface area (Å²) in [6.07, 6.45) is 0. The number of fused-ring (bicyclic) bond motifs is 10. The van der Waals surface area contributed by atoms with E-state index in [0.29, 0.717) is 32.5 Å². The first-order valence-electron chi connectivity index (χ1n) is 11.4. The Morgan fingerprint density at radius 3 is 1.41 bits per heavy atom. The Labute approximate surface area is 149 Å². The molecule has 4 unspecified atom stereocenters. The van der Waals surface area contributed by atoms with E-state index in [1.165, 1.54) is 40.7 Å². The number of hydrogen-bond donors (Lipinski definition) is 0. The Morgan fingerprint density at radius 2 is 1.15 bits per heavy atom. The van der Waals surface area contributed by atoms with Gasteiger partial charge in [0.2, 0.25) is 0 Å². The molecular weight excluding hydrogens is 380 g/mol. The Morgan fingerprint density at radius 1 is 0.741 bits per heavy atom. The second kappa shape index (κ2) is 1.40. The van der Waals surface area contributed by atoms with E-state index in [2.05, 4.69) is 27.7 Å². The molecule has 0 saturated carbocycles. The van der Waals surface area contributed by atoms with Crippen LogP contribution in [0.5, 0.6) is 0 Å². The van der Waals surface area contributed by atoms with E-state index in [1.54, 1.807) is 0 Å². The molecule has 0 aromatic rings. The predicted octanol–water partition coefficient (Wildman–Crippen LogP) is 5.02. The van der Waals surface area contributed by atoms with Crippen molar-refractivity contribution in [3.8, 4) is 0 Å². The van der Waals surface area contributed by atoms with Crippen molar-refractivity contribution in [3.63, 3.8) is 0 Å². The Balaban J connectivity index is 1.22. The summed E-state index contributed by atoms with van der Waals surface area (Å²) in [5.41, 5.74) is 0. The minimum atomic E-state index is -3.66.